The van der Waals surface area contributed by atoms with Gasteiger partial charge in [0.25, 0.3) is 0 Å². The number of para-hydroxylation sites is 1. The molecular weight excluding hydrogens is 417 g/mol. The van der Waals surface area contributed by atoms with Crippen LogP contribution in [0.25, 0.3) is 0 Å². The first-order valence-electron chi connectivity index (χ1n) is 9.37. The predicted molar refractivity (Wildman–Crippen MR) is 128 cm³/mol. The number of rotatable bonds is 6. The second-order valence-corrected chi connectivity index (χ2v) is 8.52. The second kappa shape index (κ2) is 10.2. The first-order valence-corrected chi connectivity index (χ1v) is 10.7. The maximum Gasteiger partial charge on any atom is 0.237 e. The Morgan fingerprint density at radius 1 is 0.933 bits per heavy atom. The number of nitrogens with one attached hydrogen (secondary N) is 3. The third kappa shape index (κ3) is 6.30. The van der Waals surface area contributed by atoms with Crippen molar-refractivity contribution in [3.05, 3.63) is 84.2 Å². The van der Waals surface area contributed by atoms with Gasteiger partial charge in [0.2, 0.25) is 5.91 Å². The third-order valence-electron chi connectivity index (χ3n) is 4.22. The van der Waals surface area contributed by atoms with Crippen LogP contribution in [0.4, 0.5) is 21.5 Å². The molecule has 3 rings (SSSR count). The molecule has 0 saturated carbocycles. The van der Waals surface area contributed by atoms with Crippen molar-refractivity contribution in [1.82, 2.24) is 0 Å². The van der Waals surface area contributed by atoms with Gasteiger partial charge in [0.1, 0.15) is 5.82 Å². The lowest BCUT2D eigenvalue weighted by atomic mass is 10.2. The molecule has 3 aromatic rings. The van der Waals surface area contributed by atoms with Crippen LogP contribution in [0.15, 0.2) is 77.7 Å². The Kier molecular flexibility index (Phi) is 7.43. The first kappa shape index (κ1) is 21.8. The van der Waals surface area contributed by atoms with Crippen molar-refractivity contribution < 1.29 is 9.18 Å². The molecule has 0 aliphatic carbocycles. The highest BCUT2D eigenvalue weighted by molar-refractivity contribution is 8.00. The number of halogens is 1. The molecule has 0 radical (unpaired) electrons. The van der Waals surface area contributed by atoms with E-state index in [1.54, 1.807) is 19.1 Å². The Hall–Kier alpha value is -2.90. The van der Waals surface area contributed by atoms with Crippen molar-refractivity contribution >= 4 is 52.1 Å². The van der Waals surface area contributed by atoms with Gasteiger partial charge in [0, 0.05) is 16.3 Å². The molecule has 0 fully saturated rings. The van der Waals surface area contributed by atoms with Crippen LogP contribution >= 0.6 is 24.0 Å². The molecule has 0 heterocycles. The minimum absolute atomic E-state index is 0.179. The second-order valence-electron chi connectivity index (χ2n) is 6.70. The summed E-state index contributed by atoms with van der Waals surface area (Å²) >= 11 is 6.77. The van der Waals surface area contributed by atoms with Crippen LogP contribution in [-0.4, -0.2) is 16.3 Å². The summed E-state index contributed by atoms with van der Waals surface area (Å²) in [5, 5.41) is 8.99. The van der Waals surface area contributed by atoms with Gasteiger partial charge in [0.05, 0.1) is 10.9 Å². The van der Waals surface area contributed by atoms with Gasteiger partial charge in [-0.25, -0.2) is 4.39 Å². The number of benzene rings is 3. The molecule has 1 amide bonds. The Morgan fingerprint density at radius 3 is 2.37 bits per heavy atom. The summed E-state index contributed by atoms with van der Waals surface area (Å²) in [5.41, 5.74) is 3.07. The molecular formula is C23H22FN3OS2. The van der Waals surface area contributed by atoms with Crippen LogP contribution in [0.3, 0.4) is 0 Å². The number of anilines is 3. The van der Waals surface area contributed by atoms with Crippen LogP contribution in [0.5, 0.6) is 0 Å². The lowest BCUT2D eigenvalue weighted by Gasteiger charge is -2.14. The van der Waals surface area contributed by atoms with E-state index >= 15 is 0 Å². The largest absolute Gasteiger partial charge is 0.332 e. The number of aryl methyl sites for hydroxylation is 1. The van der Waals surface area contributed by atoms with Gasteiger partial charge in [-0.3, -0.25) is 4.79 Å². The summed E-state index contributed by atoms with van der Waals surface area (Å²) in [7, 11) is 0. The highest BCUT2D eigenvalue weighted by Gasteiger charge is 2.16. The topological polar surface area (TPSA) is 53.2 Å². The Labute approximate surface area is 185 Å². The molecule has 0 aliphatic heterocycles. The SMILES string of the molecule is Cc1ccc(NC(=S)Nc2cccc(SC(C)C(=O)Nc3ccccc3F)c2)cc1. The molecule has 3 aromatic carbocycles. The average Bonchev–Trinajstić information content (AvgIpc) is 2.71. The van der Waals surface area contributed by atoms with Gasteiger partial charge in [-0.2, -0.15) is 0 Å². The minimum Gasteiger partial charge on any atom is -0.332 e. The van der Waals surface area contributed by atoms with Crippen LogP contribution in [0.1, 0.15) is 12.5 Å². The zero-order valence-corrected chi connectivity index (χ0v) is 18.2. The number of amides is 1. The molecule has 0 spiro atoms. The minimum atomic E-state index is -0.455. The molecule has 3 N–H and O–H groups in total. The van der Waals surface area contributed by atoms with E-state index < -0.39 is 11.1 Å². The summed E-state index contributed by atoms with van der Waals surface area (Å²) in [4.78, 5) is 13.3. The fraction of sp³-hybridized carbons (Fsp3) is 0.130. The van der Waals surface area contributed by atoms with Crippen LogP contribution in [0.2, 0.25) is 0 Å². The maximum absolute atomic E-state index is 13.7. The van der Waals surface area contributed by atoms with E-state index in [9.17, 15) is 9.18 Å². The van der Waals surface area contributed by atoms with Crippen molar-refractivity contribution in [3.63, 3.8) is 0 Å². The Bertz CT molecular complexity index is 1040. The molecule has 0 bridgehead atoms. The molecule has 1 atom stereocenters. The predicted octanol–water partition coefficient (Wildman–Crippen LogP) is 6.06. The lowest BCUT2D eigenvalue weighted by molar-refractivity contribution is -0.115. The molecule has 1 unspecified atom stereocenters. The molecule has 30 heavy (non-hydrogen) atoms. The number of hydrogen-bond donors (Lipinski definition) is 3. The van der Waals surface area contributed by atoms with E-state index in [1.165, 1.54) is 29.5 Å². The third-order valence-corrected chi connectivity index (χ3v) is 5.51. The van der Waals surface area contributed by atoms with Crippen molar-refractivity contribution in [2.24, 2.45) is 0 Å². The van der Waals surface area contributed by atoms with Crippen molar-refractivity contribution in [3.8, 4) is 0 Å². The van der Waals surface area contributed by atoms with Gasteiger partial charge in [-0.05, 0) is 68.5 Å². The molecule has 0 aliphatic rings. The number of hydrogen-bond acceptors (Lipinski definition) is 3. The summed E-state index contributed by atoms with van der Waals surface area (Å²) in [6.07, 6.45) is 0. The van der Waals surface area contributed by atoms with E-state index in [2.05, 4.69) is 16.0 Å². The number of thiocarbonyl (C=S) groups is 1. The normalized spacial score (nSPS) is 11.4. The summed E-state index contributed by atoms with van der Waals surface area (Å²) in [5.74, 6) is -0.719. The van der Waals surface area contributed by atoms with Gasteiger partial charge < -0.3 is 16.0 Å². The summed E-state index contributed by atoms with van der Waals surface area (Å²) < 4.78 is 13.7. The standard InChI is InChI=1S/C23H22FN3OS2/c1-15-10-12-17(13-11-15)25-23(29)26-18-6-5-7-19(14-18)30-16(2)22(28)27-21-9-4-3-8-20(21)24/h3-14,16H,1-2H3,(H,27,28)(H2,25,26,29). The van der Waals surface area contributed by atoms with Crippen molar-refractivity contribution in [1.29, 1.82) is 0 Å². The fourth-order valence-corrected chi connectivity index (χ4v) is 3.79. The smallest absolute Gasteiger partial charge is 0.237 e. The van der Waals surface area contributed by atoms with Crippen LogP contribution < -0.4 is 16.0 Å². The quantitative estimate of drug-likeness (QED) is 0.322. The molecule has 4 nitrogen and oxygen atoms in total. The van der Waals surface area contributed by atoms with Gasteiger partial charge in [-0.15, -0.1) is 11.8 Å². The summed E-state index contributed by atoms with van der Waals surface area (Å²) in [6.45, 7) is 3.81. The molecule has 0 saturated heterocycles. The molecule has 7 heteroatoms. The van der Waals surface area contributed by atoms with Crippen molar-refractivity contribution in [2.45, 2.75) is 24.0 Å². The highest BCUT2D eigenvalue weighted by Crippen LogP contribution is 2.27. The monoisotopic (exact) mass is 439 g/mol. The van der Waals surface area contributed by atoms with Crippen LogP contribution in [0, 0.1) is 12.7 Å². The Balaban J connectivity index is 1.57. The van der Waals surface area contributed by atoms with Gasteiger partial charge in [-0.1, -0.05) is 35.9 Å². The van der Waals surface area contributed by atoms with Gasteiger partial charge in [0.15, 0.2) is 5.11 Å². The van der Waals surface area contributed by atoms with Crippen LogP contribution in [-0.2, 0) is 4.79 Å². The van der Waals surface area contributed by atoms with E-state index in [0.717, 1.165) is 16.3 Å². The number of thioether (sulfide) groups is 1. The average molecular weight is 440 g/mol. The van der Waals surface area contributed by atoms with E-state index in [0.29, 0.717) is 5.11 Å². The zero-order chi connectivity index (χ0) is 21.5. The fourth-order valence-electron chi connectivity index (χ4n) is 2.63. The van der Waals surface area contributed by atoms with E-state index in [1.807, 2.05) is 55.5 Å². The van der Waals surface area contributed by atoms with E-state index in [-0.39, 0.29) is 11.6 Å². The number of carbonyl (C=O) groups is 1. The van der Waals surface area contributed by atoms with Gasteiger partial charge >= 0.3 is 0 Å². The lowest BCUT2D eigenvalue weighted by Crippen LogP contribution is -2.23. The zero-order valence-electron chi connectivity index (χ0n) is 16.6. The molecule has 0 aromatic heterocycles. The van der Waals surface area contributed by atoms with Crippen molar-refractivity contribution in [2.75, 3.05) is 16.0 Å². The number of carbonyl (C=O) groups excluding carboxylic acids is 1. The molecule has 154 valence electrons. The van der Waals surface area contributed by atoms with E-state index in [4.69, 9.17) is 12.2 Å². The first-order chi connectivity index (χ1) is 14.4. The summed E-state index contributed by atoms with van der Waals surface area (Å²) in [6, 6.07) is 21.7. The Morgan fingerprint density at radius 2 is 1.63 bits per heavy atom. The highest BCUT2D eigenvalue weighted by atomic mass is 32.2. The maximum atomic E-state index is 13.7.